The Labute approximate surface area is 171 Å². The van der Waals surface area contributed by atoms with Gasteiger partial charge in [-0.25, -0.2) is 16.8 Å². The summed E-state index contributed by atoms with van der Waals surface area (Å²) >= 11 is 0. The van der Waals surface area contributed by atoms with Crippen LogP contribution in [0, 0.1) is 0 Å². The van der Waals surface area contributed by atoms with Crippen LogP contribution in [0.15, 0.2) is 46.5 Å². The third kappa shape index (κ3) is 4.97. The normalized spacial score (nSPS) is 17.7. The van der Waals surface area contributed by atoms with Gasteiger partial charge >= 0.3 is 0 Å². The first-order valence-electron chi connectivity index (χ1n) is 9.53. The lowest BCUT2D eigenvalue weighted by molar-refractivity contribution is 0.0940. The molecule has 9 nitrogen and oxygen atoms in total. The van der Waals surface area contributed by atoms with Crippen molar-refractivity contribution in [2.45, 2.75) is 49.1 Å². The van der Waals surface area contributed by atoms with Crippen molar-refractivity contribution in [2.75, 3.05) is 24.4 Å². The molecule has 1 unspecified atom stereocenters. The molecule has 1 fully saturated rings. The zero-order valence-corrected chi connectivity index (χ0v) is 18.1. The molecule has 29 heavy (non-hydrogen) atoms. The molecule has 0 aliphatic carbocycles. The molecule has 2 heterocycles. The van der Waals surface area contributed by atoms with Gasteiger partial charge in [-0.1, -0.05) is 13.8 Å². The van der Waals surface area contributed by atoms with Crippen molar-refractivity contribution in [2.24, 2.45) is 0 Å². The Hall–Kier alpha value is -1.95. The summed E-state index contributed by atoms with van der Waals surface area (Å²) in [6.07, 6.45) is 5.12. The fraction of sp³-hybridized carbons (Fsp3) is 0.500. The van der Waals surface area contributed by atoms with E-state index in [1.807, 2.05) is 0 Å². The SMILES string of the molecule is CCN(CC)S(=O)(=O)c1ccc(S(=O)(=O)Nc2cnn(CC3CCCO3)c2)cc1. The van der Waals surface area contributed by atoms with Crippen molar-refractivity contribution in [3.05, 3.63) is 36.7 Å². The molecule has 1 saturated heterocycles. The minimum absolute atomic E-state index is 0.0251. The zero-order chi connectivity index (χ0) is 21.1. The van der Waals surface area contributed by atoms with E-state index in [0.29, 0.717) is 25.3 Å². The van der Waals surface area contributed by atoms with Gasteiger partial charge < -0.3 is 4.74 Å². The van der Waals surface area contributed by atoms with Crippen LogP contribution in [-0.4, -0.2) is 56.7 Å². The summed E-state index contributed by atoms with van der Waals surface area (Å²) in [7, 11) is -7.50. The summed E-state index contributed by atoms with van der Waals surface area (Å²) in [5.41, 5.74) is 0.336. The van der Waals surface area contributed by atoms with Crippen molar-refractivity contribution >= 4 is 25.7 Å². The summed E-state index contributed by atoms with van der Waals surface area (Å²) in [6, 6.07) is 5.19. The lowest BCUT2D eigenvalue weighted by Crippen LogP contribution is -2.30. The van der Waals surface area contributed by atoms with Crippen LogP contribution in [0.3, 0.4) is 0 Å². The third-order valence-corrected chi connectivity index (χ3v) is 8.24. The molecule has 0 radical (unpaired) electrons. The number of anilines is 1. The highest BCUT2D eigenvalue weighted by molar-refractivity contribution is 7.92. The number of hydrogen-bond acceptors (Lipinski definition) is 6. The first-order valence-corrected chi connectivity index (χ1v) is 12.5. The number of rotatable bonds is 9. The average molecular weight is 443 g/mol. The monoisotopic (exact) mass is 442 g/mol. The molecule has 1 aliphatic heterocycles. The second-order valence-corrected chi connectivity index (χ2v) is 10.4. The van der Waals surface area contributed by atoms with E-state index in [4.69, 9.17) is 4.74 Å². The smallest absolute Gasteiger partial charge is 0.261 e. The van der Waals surface area contributed by atoms with Crippen molar-refractivity contribution in [3.8, 4) is 0 Å². The van der Waals surface area contributed by atoms with E-state index >= 15 is 0 Å². The van der Waals surface area contributed by atoms with Gasteiger partial charge in [-0.05, 0) is 37.1 Å². The number of nitrogens with one attached hydrogen (secondary N) is 1. The van der Waals surface area contributed by atoms with E-state index in [1.54, 1.807) is 24.7 Å². The maximum atomic E-state index is 12.6. The van der Waals surface area contributed by atoms with E-state index in [-0.39, 0.29) is 15.9 Å². The molecule has 1 aliphatic rings. The lowest BCUT2D eigenvalue weighted by atomic mass is 10.2. The average Bonchev–Trinajstić information content (AvgIpc) is 3.35. The number of ether oxygens (including phenoxy) is 1. The predicted molar refractivity (Wildman–Crippen MR) is 109 cm³/mol. The number of aromatic nitrogens is 2. The van der Waals surface area contributed by atoms with E-state index in [1.165, 1.54) is 34.8 Å². The molecule has 3 rings (SSSR count). The summed E-state index contributed by atoms with van der Waals surface area (Å²) in [5, 5.41) is 4.17. The van der Waals surface area contributed by atoms with Gasteiger partial charge in [-0.2, -0.15) is 9.40 Å². The second kappa shape index (κ2) is 8.82. The van der Waals surface area contributed by atoms with Crippen LogP contribution >= 0.6 is 0 Å². The quantitative estimate of drug-likeness (QED) is 0.635. The van der Waals surface area contributed by atoms with E-state index in [0.717, 1.165) is 19.4 Å². The highest BCUT2D eigenvalue weighted by Gasteiger charge is 2.23. The van der Waals surface area contributed by atoms with Crippen LogP contribution in [0.2, 0.25) is 0 Å². The Morgan fingerprint density at radius 1 is 1.14 bits per heavy atom. The first kappa shape index (κ1) is 21.8. The summed E-state index contributed by atoms with van der Waals surface area (Å²) in [5.74, 6) is 0. The zero-order valence-electron chi connectivity index (χ0n) is 16.5. The molecule has 0 amide bonds. The van der Waals surface area contributed by atoms with Gasteiger partial charge in [-0.15, -0.1) is 0 Å². The number of nitrogens with zero attached hydrogens (tertiary/aromatic N) is 3. The molecule has 11 heteroatoms. The fourth-order valence-corrected chi connectivity index (χ4v) is 5.72. The minimum Gasteiger partial charge on any atom is -0.376 e. The molecule has 2 aromatic rings. The van der Waals surface area contributed by atoms with Gasteiger partial charge in [0, 0.05) is 25.9 Å². The highest BCUT2D eigenvalue weighted by Crippen LogP contribution is 2.21. The first-order chi connectivity index (χ1) is 13.8. The topological polar surface area (TPSA) is 111 Å². The Bertz CT molecular complexity index is 1020. The van der Waals surface area contributed by atoms with Crippen LogP contribution in [0.4, 0.5) is 5.69 Å². The molecule has 0 spiro atoms. The predicted octanol–water partition coefficient (Wildman–Crippen LogP) is 1.89. The Morgan fingerprint density at radius 2 is 1.79 bits per heavy atom. The third-order valence-electron chi connectivity index (χ3n) is 4.78. The van der Waals surface area contributed by atoms with Crippen LogP contribution in [0.5, 0.6) is 0 Å². The van der Waals surface area contributed by atoms with Gasteiger partial charge in [-0.3, -0.25) is 9.40 Å². The Balaban J connectivity index is 1.72. The Kier molecular flexibility index (Phi) is 6.62. The van der Waals surface area contributed by atoms with Gasteiger partial charge in [0.05, 0.1) is 34.3 Å². The molecule has 0 bridgehead atoms. The molecule has 1 N–H and O–H groups in total. The largest absolute Gasteiger partial charge is 0.376 e. The van der Waals surface area contributed by atoms with E-state index in [2.05, 4.69) is 9.82 Å². The maximum Gasteiger partial charge on any atom is 0.261 e. The lowest BCUT2D eigenvalue weighted by Gasteiger charge is -2.18. The summed E-state index contributed by atoms with van der Waals surface area (Å²) in [4.78, 5) is 0.0346. The Morgan fingerprint density at radius 3 is 2.38 bits per heavy atom. The van der Waals surface area contributed by atoms with Gasteiger partial charge in [0.25, 0.3) is 10.0 Å². The van der Waals surface area contributed by atoms with Crippen molar-refractivity contribution in [1.29, 1.82) is 0 Å². The molecule has 1 aromatic carbocycles. The molecule has 0 saturated carbocycles. The van der Waals surface area contributed by atoms with Crippen molar-refractivity contribution in [3.63, 3.8) is 0 Å². The molecular weight excluding hydrogens is 416 g/mol. The van der Waals surface area contributed by atoms with Gasteiger partial charge in [0.2, 0.25) is 10.0 Å². The number of hydrogen-bond donors (Lipinski definition) is 1. The number of benzene rings is 1. The van der Waals surface area contributed by atoms with Crippen molar-refractivity contribution < 1.29 is 21.6 Å². The molecule has 1 atom stereocenters. The highest BCUT2D eigenvalue weighted by atomic mass is 32.2. The van der Waals surface area contributed by atoms with Gasteiger partial charge in [0.15, 0.2) is 0 Å². The van der Waals surface area contributed by atoms with E-state index in [9.17, 15) is 16.8 Å². The molecule has 1 aromatic heterocycles. The maximum absolute atomic E-state index is 12.6. The van der Waals surface area contributed by atoms with E-state index < -0.39 is 20.0 Å². The summed E-state index contributed by atoms with van der Waals surface area (Å²) in [6.45, 7) is 5.50. The fourth-order valence-electron chi connectivity index (χ4n) is 3.23. The molecule has 160 valence electrons. The van der Waals surface area contributed by atoms with Gasteiger partial charge in [0.1, 0.15) is 0 Å². The van der Waals surface area contributed by atoms with Crippen LogP contribution in [0.1, 0.15) is 26.7 Å². The summed E-state index contributed by atoms with van der Waals surface area (Å²) < 4.78 is 61.3. The molecular formula is C18H26N4O5S2. The van der Waals surface area contributed by atoms with Crippen LogP contribution in [0.25, 0.3) is 0 Å². The standard InChI is InChI=1S/C18H26N4O5S2/c1-3-22(4-2)29(25,26)18-9-7-17(8-10-18)28(23,24)20-15-12-19-21(13-15)14-16-6-5-11-27-16/h7-10,12-13,16,20H,3-6,11,14H2,1-2H3. The van der Waals surface area contributed by atoms with Crippen LogP contribution in [-0.2, 0) is 31.3 Å². The second-order valence-electron chi connectivity index (χ2n) is 6.75. The van der Waals surface area contributed by atoms with Crippen molar-refractivity contribution in [1.82, 2.24) is 14.1 Å². The number of sulfonamides is 2. The van der Waals surface area contributed by atoms with Crippen LogP contribution < -0.4 is 4.72 Å². The minimum atomic E-state index is -3.86.